The zero-order valence-electron chi connectivity index (χ0n) is 14.2. The van der Waals surface area contributed by atoms with Crippen LogP contribution in [0.4, 0.5) is 13.2 Å². The molecule has 0 saturated heterocycles. The highest BCUT2D eigenvalue weighted by Gasteiger charge is 2.31. The third-order valence-electron chi connectivity index (χ3n) is 3.92. The summed E-state index contributed by atoms with van der Waals surface area (Å²) in [6, 6.07) is 8.73. The smallest absolute Gasteiger partial charge is 0.416 e. The van der Waals surface area contributed by atoms with Crippen molar-refractivity contribution >= 4 is 29.2 Å². The van der Waals surface area contributed by atoms with E-state index in [9.17, 15) is 18.0 Å². The fourth-order valence-electron chi connectivity index (χ4n) is 2.57. The number of rotatable bonds is 5. The second-order valence-corrected chi connectivity index (χ2v) is 6.74. The molecule has 0 aliphatic heterocycles. The van der Waals surface area contributed by atoms with Crippen molar-refractivity contribution < 1.29 is 22.7 Å². The standard InChI is InChI=1S/C19H13Cl2F3N2O2/c20-14-4-5-15(16(21)9-14)17(10-26-7-6-25-11-26)28-18(27)12-2-1-3-13(8-12)19(22,23)24/h1-9,11,17H,10H2/t17-/m0/s1. The van der Waals surface area contributed by atoms with Gasteiger partial charge in [-0.25, -0.2) is 9.78 Å². The third kappa shape index (κ3) is 4.85. The molecule has 1 heterocycles. The van der Waals surface area contributed by atoms with Crippen LogP contribution in [-0.4, -0.2) is 15.5 Å². The van der Waals surface area contributed by atoms with Crippen molar-refractivity contribution in [3.63, 3.8) is 0 Å². The van der Waals surface area contributed by atoms with Gasteiger partial charge in [0.25, 0.3) is 0 Å². The number of hydrogen-bond acceptors (Lipinski definition) is 3. The van der Waals surface area contributed by atoms with Gasteiger partial charge in [0.15, 0.2) is 0 Å². The van der Waals surface area contributed by atoms with Gasteiger partial charge in [0.1, 0.15) is 6.10 Å². The summed E-state index contributed by atoms with van der Waals surface area (Å²) in [6.07, 6.45) is -0.689. The lowest BCUT2D eigenvalue weighted by Gasteiger charge is -2.20. The van der Waals surface area contributed by atoms with Gasteiger partial charge in [-0.2, -0.15) is 13.2 Å². The first-order chi connectivity index (χ1) is 13.2. The molecule has 0 amide bonds. The first-order valence-electron chi connectivity index (χ1n) is 8.03. The zero-order valence-corrected chi connectivity index (χ0v) is 15.7. The fraction of sp³-hybridized carbons (Fsp3) is 0.158. The van der Waals surface area contributed by atoms with Crippen molar-refractivity contribution in [1.29, 1.82) is 0 Å². The number of hydrogen-bond donors (Lipinski definition) is 0. The molecule has 28 heavy (non-hydrogen) atoms. The molecule has 9 heteroatoms. The second-order valence-electron chi connectivity index (χ2n) is 5.90. The molecule has 0 saturated carbocycles. The molecule has 0 unspecified atom stereocenters. The van der Waals surface area contributed by atoms with Crippen molar-refractivity contribution in [2.45, 2.75) is 18.8 Å². The minimum absolute atomic E-state index is 0.173. The predicted octanol–water partition coefficient (Wildman–Crippen LogP) is 5.81. The first-order valence-corrected chi connectivity index (χ1v) is 8.78. The summed E-state index contributed by atoms with van der Waals surface area (Å²) in [7, 11) is 0. The summed E-state index contributed by atoms with van der Waals surface area (Å²) in [5.74, 6) is -0.901. The molecule has 0 N–H and O–H groups in total. The molecule has 0 radical (unpaired) electrons. The van der Waals surface area contributed by atoms with Gasteiger partial charge >= 0.3 is 12.1 Å². The highest BCUT2D eigenvalue weighted by molar-refractivity contribution is 6.35. The number of aromatic nitrogens is 2. The van der Waals surface area contributed by atoms with Crippen molar-refractivity contribution in [2.75, 3.05) is 0 Å². The normalized spacial score (nSPS) is 12.6. The van der Waals surface area contributed by atoms with Crippen LogP contribution in [0, 0.1) is 0 Å². The van der Waals surface area contributed by atoms with E-state index >= 15 is 0 Å². The average Bonchev–Trinajstić information content (AvgIpc) is 3.14. The number of ether oxygens (including phenoxy) is 1. The number of alkyl halides is 3. The van der Waals surface area contributed by atoms with Gasteiger partial charge in [-0.3, -0.25) is 0 Å². The summed E-state index contributed by atoms with van der Waals surface area (Å²) in [5.41, 5.74) is -0.673. The molecule has 3 aromatic rings. The number of carbonyl (C=O) groups excluding carboxylic acids is 1. The van der Waals surface area contributed by atoms with Crippen LogP contribution in [0.5, 0.6) is 0 Å². The molecule has 1 atom stereocenters. The molecule has 2 aromatic carbocycles. The predicted molar refractivity (Wildman–Crippen MR) is 98.3 cm³/mol. The lowest BCUT2D eigenvalue weighted by Crippen LogP contribution is -2.17. The molecule has 0 aliphatic rings. The van der Waals surface area contributed by atoms with E-state index in [1.54, 1.807) is 29.1 Å². The minimum Gasteiger partial charge on any atom is -0.452 e. The van der Waals surface area contributed by atoms with Crippen LogP contribution in [0.1, 0.15) is 27.6 Å². The van der Waals surface area contributed by atoms with Gasteiger partial charge in [-0.1, -0.05) is 35.3 Å². The van der Waals surface area contributed by atoms with E-state index in [1.807, 2.05) is 0 Å². The Labute approximate surface area is 168 Å². The summed E-state index contributed by atoms with van der Waals surface area (Å²) < 4.78 is 45.9. The Morgan fingerprint density at radius 1 is 1.18 bits per heavy atom. The van der Waals surface area contributed by atoms with Gasteiger partial charge in [-0.15, -0.1) is 0 Å². The lowest BCUT2D eigenvalue weighted by atomic mass is 10.1. The number of carbonyl (C=O) groups is 1. The number of halogens is 5. The number of imidazole rings is 1. The molecule has 1 aromatic heterocycles. The Bertz CT molecular complexity index is 976. The van der Waals surface area contributed by atoms with Crippen LogP contribution in [0.25, 0.3) is 0 Å². The Balaban J connectivity index is 1.90. The monoisotopic (exact) mass is 428 g/mol. The molecular weight excluding hydrogens is 416 g/mol. The van der Waals surface area contributed by atoms with Crippen LogP contribution in [0.2, 0.25) is 10.0 Å². The SMILES string of the molecule is O=C(O[C@@H](Cn1ccnc1)c1ccc(Cl)cc1Cl)c1cccc(C(F)(F)F)c1. The van der Waals surface area contributed by atoms with E-state index in [-0.39, 0.29) is 17.1 Å². The fourth-order valence-corrected chi connectivity index (χ4v) is 3.10. The van der Waals surface area contributed by atoms with Crippen LogP contribution in [0.3, 0.4) is 0 Å². The van der Waals surface area contributed by atoms with E-state index in [1.165, 1.54) is 18.5 Å². The molecular formula is C19H13Cl2F3N2O2. The molecule has 0 fully saturated rings. The van der Waals surface area contributed by atoms with E-state index < -0.39 is 23.8 Å². The average molecular weight is 429 g/mol. The summed E-state index contributed by atoms with van der Waals surface area (Å²) in [4.78, 5) is 16.5. The number of benzene rings is 2. The minimum atomic E-state index is -4.56. The van der Waals surface area contributed by atoms with Gasteiger partial charge in [0.2, 0.25) is 0 Å². The van der Waals surface area contributed by atoms with Gasteiger partial charge in [0.05, 0.1) is 24.0 Å². The molecule has 0 bridgehead atoms. The Morgan fingerprint density at radius 2 is 1.96 bits per heavy atom. The van der Waals surface area contributed by atoms with Gasteiger partial charge in [0, 0.05) is 28.0 Å². The Kier molecular flexibility index (Phi) is 5.96. The van der Waals surface area contributed by atoms with Crippen LogP contribution < -0.4 is 0 Å². The van der Waals surface area contributed by atoms with Crippen LogP contribution in [-0.2, 0) is 17.5 Å². The highest BCUT2D eigenvalue weighted by atomic mass is 35.5. The molecule has 146 valence electrons. The number of esters is 1. The van der Waals surface area contributed by atoms with E-state index in [0.717, 1.165) is 18.2 Å². The third-order valence-corrected chi connectivity index (χ3v) is 4.48. The molecule has 3 rings (SSSR count). The first kappa shape index (κ1) is 20.2. The van der Waals surface area contributed by atoms with Crippen LogP contribution >= 0.6 is 23.2 Å². The topological polar surface area (TPSA) is 44.1 Å². The van der Waals surface area contributed by atoms with E-state index in [0.29, 0.717) is 10.6 Å². The summed E-state index contributed by atoms with van der Waals surface area (Å²) in [6.45, 7) is 0.173. The van der Waals surface area contributed by atoms with Gasteiger partial charge < -0.3 is 9.30 Å². The quantitative estimate of drug-likeness (QED) is 0.481. The maximum absolute atomic E-state index is 12.9. The largest absolute Gasteiger partial charge is 0.452 e. The maximum atomic E-state index is 12.9. The van der Waals surface area contributed by atoms with E-state index in [4.69, 9.17) is 27.9 Å². The number of nitrogens with zero attached hydrogens (tertiary/aromatic N) is 2. The van der Waals surface area contributed by atoms with Crippen molar-refractivity contribution in [3.8, 4) is 0 Å². The summed E-state index contributed by atoms with van der Waals surface area (Å²) >= 11 is 12.1. The Hall–Kier alpha value is -2.51. The molecule has 0 aliphatic carbocycles. The summed E-state index contributed by atoms with van der Waals surface area (Å²) in [5, 5.41) is 0.675. The lowest BCUT2D eigenvalue weighted by molar-refractivity contribution is -0.137. The van der Waals surface area contributed by atoms with Gasteiger partial charge in [-0.05, 0) is 30.3 Å². The van der Waals surface area contributed by atoms with Crippen molar-refractivity contribution in [3.05, 3.63) is 87.9 Å². The second kappa shape index (κ2) is 8.24. The Morgan fingerprint density at radius 3 is 2.61 bits per heavy atom. The van der Waals surface area contributed by atoms with Crippen molar-refractivity contribution in [1.82, 2.24) is 9.55 Å². The highest BCUT2D eigenvalue weighted by Crippen LogP contribution is 2.32. The van der Waals surface area contributed by atoms with Crippen molar-refractivity contribution in [2.24, 2.45) is 0 Å². The molecule has 0 spiro atoms. The maximum Gasteiger partial charge on any atom is 0.416 e. The van der Waals surface area contributed by atoms with E-state index in [2.05, 4.69) is 4.98 Å². The zero-order chi connectivity index (χ0) is 20.3. The molecule has 4 nitrogen and oxygen atoms in total. The van der Waals surface area contributed by atoms with Crippen LogP contribution in [0.15, 0.2) is 61.2 Å².